The molecule has 2 amide bonds. The molecule has 280 valence electrons. The second kappa shape index (κ2) is 14.2. The first-order valence-electron chi connectivity index (χ1n) is 18.3. The molecule has 0 bridgehead atoms. The number of rotatable bonds is 14. The molecule has 6 rings (SSSR count). The minimum atomic E-state index is -3.80. The van der Waals surface area contributed by atoms with Crippen LogP contribution in [0.5, 0.6) is 5.88 Å². The molecule has 2 aliphatic carbocycles. The first-order valence-corrected chi connectivity index (χ1v) is 20.7. The molecule has 3 fully saturated rings. The molecular formula is C39H51N5O6S2. The van der Waals surface area contributed by atoms with E-state index in [1.165, 1.54) is 0 Å². The lowest BCUT2D eigenvalue weighted by atomic mass is 9.81. The summed E-state index contributed by atoms with van der Waals surface area (Å²) in [4.78, 5) is 55.6. The second-order valence-corrected chi connectivity index (χ2v) is 18.6. The van der Waals surface area contributed by atoms with Crippen molar-refractivity contribution in [3.63, 3.8) is 0 Å². The van der Waals surface area contributed by atoms with Gasteiger partial charge in [-0.1, -0.05) is 51.5 Å². The highest BCUT2D eigenvalue weighted by Crippen LogP contribution is 2.57. The highest BCUT2D eigenvalue weighted by atomic mass is 32.2. The molecule has 3 heterocycles. The number of carbonyl (C=O) groups is 3. The van der Waals surface area contributed by atoms with E-state index in [4.69, 9.17) is 14.7 Å². The average Bonchev–Trinajstić information content (AvgIpc) is 3.98. The fourth-order valence-corrected chi connectivity index (χ4v) is 9.44. The van der Waals surface area contributed by atoms with Gasteiger partial charge in [-0.25, -0.2) is 18.4 Å². The van der Waals surface area contributed by atoms with E-state index in [0.717, 1.165) is 40.3 Å². The molecule has 1 saturated heterocycles. The van der Waals surface area contributed by atoms with Crippen molar-refractivity contribution in [3.05, 3.63) is 47.9 Å². The number of ether oxygens (including phenoxy) is 1. The van der Waals surface area contributed by atoms with E-state index < -0.39 is 44.7 Å². The second-order valence-electron chi connectivity index (χ2n) is 15.8. The Hall–Kier alpha value is -3.84. The van der Waals surface area contributed by atoms with E-state index >= 15 is 0 Å². The first-order chi connectivity index (χ1) is 24.5. The largest absolute Gasteiger partial charge is 0.472 e. The smallest absolute Gasteiger partial charge is 0.240 e. The summed E-state index contributed by atoms with van der Waals surface area (Å²) in [6.07, 6.45) is 2.41. The molecule has 13 heteroatoms. The molecule has 1 N–H and O–H groups in total. The fourth-order valence-electron chi connectivity index (χ4n) is 7.10. The lowest BCUT2D eigenvalue weighted by molar-refractivity contribution is -0.144. The Morgan fingerprint density at radius 2 is 1.87 bits per heavy atom. The quantitative estimate of drug-likeness (QED) is 0.188. The van der Waals surface area contributed by atoms with Crippen LogP contribution in [0, 0.1) is 29.6 Å². The number of amides is 2. The van der Waals surface area contributed by atoms with Gasteiger partial charge in [0.05, 0.1) is 28.9 Å². The predicted octanol–water partition coefficient (Wildman–Crippen LogP) is 6.30. The van der Waals surface area contributed by atoms with E-state index in [1.54, 1.807) is 22.3 Å². The van der Waals surface area contributed by atoms with E-state index in [1.807, 2.05) is 58.2 Å². The van der Waals surface area contributed by atoms with Crippen molar-refractivity contribution < 1.29 is 27.5 Å². The third-order valence-corrected chi connectivity index (χ3v) is 13.9. The van der Waals surface area contributed by atoms with Gasteiger partial charge in [-0.2, -0.15) is 0 Å². The van der Waals surface area contributed by atoms with Crippen molar-refractivity contribution in [1.82, 2.24) is 19.6 Å². The lowest BCUT2D eigenvalue weighted by Crippen LogP contribution is -2.47. The van der Waals surface area contributed by atoms with Crippen LogP contribution in [0.15, 0.2) is 42.3 Å². The summed E-state index contributed by atoms with van der Waals surface area (Å²) >= 11 is 1.57. The topological polar surface area (TPSA) is 139 Å². The van der Waals surface area contributed by atoms with Crippen LogP contribution in [0.1, 0.15) is 79.2 Å². The third-order valence-electron chi connectivity index (χ3n) is 11.2. The van der Waals surface area contributed by atoms with Gasteiger partial charge >= 0.3 is 0 Å². The molecule has 2 saturated carbocycles. The molecule has 2 aromatic heterocycles. The van der Waals surface area contributed by atoms with E-state index in [9.17, 15) is 22.8 Å². The first kappa shape index (κ1) is 37.9. The van der Waals surface area contributed by atoms with Crippen LogP contribution in [0.3, 0.4) is 0 Å². The highest BCUT2D eigenvalue weighted by molar-refractivity contribution is 7.90. The fraction of sp³-hybridized carbons (Fsp3) is 0.564. The summed E-state index contributed by atoms with van der Waals surface area (Å²) in [6.45, 7) is 19.7. The van der Waals surface area contributed by atoms with Crippen LogP contribution >= 0.6 is 11.3 Å². The normalized spacial score (nSPS) is 23.7. The number of aromatic nitrogens is 2. The number of Topliss-reactive ketones (excluding diaryl/α,β-unsaturated/α-hetero) is 1. The lowest BCUT2D eigenvalue weighted by Gasteiger charge is -2.33. The van der Waals surface area contributed by atoms with Gasteiger partial charge in [0.2, 0.25) is 27.7 Å². The molecular weight excluding hydrogens is 699 g/mol. The summed E-state index contributed by atoms with van der Waals surface area (Å²) < 4.78 is 34.3. The summed E-state index contributed by atoms with van der Waals surface area (Å²) in [6, 6.07) is 7.20. The van der Waals surface area contributed by atoms with Crippen molar-refractivity contribution in [3.8, 4) is 17.3 Å². The zero-order valence-electron chi connectivity index (χ0n) is 31.3. The minimum Gasteiger partial charge on any atom is -0.472 e. The van der Waals surface area contributed by atoms with Gasteiger partial charge in [0.15, 0.2) is 10.9 Å². The molecule has 0 radical (unpaired) electrons. The SMILES string of the molecule is C=CC1C[C@]1(CC(=O)[C@@H]1C[C@@H](Oc2nc(-c3csc(N(CC)CC)n3)cc3cc(C)ccc23)CN1C(=O)[C@@H](C)C(C)(C)C)C(=O)NS(=O)(=O)C1CC1. The molecule has 3 aliphatic rings. The van der Waals surface area contributed by atoms with Crippen molar-refractivity contribution in [1.29, 1.82) is 0 Å². The number of thiazole rings is 1. The molecule has 1 unspecified atom stereocenters. The average molecular weight is 750 g/mol. The summed E-state index contributed by atoms with van der Waals surface area (Å²) in [5, 5.41) is 4.09. The van der Waals surface area contributed by atoms with Gasteiger partial charge in [0.25, 0.3) is 0 Å². The number of anilines is 1. The van der Waals surface area contributed by atoms with Crippen molar-refractivity contribution in [2.24, 2.45) is 22.7 Å². The number of hydrogen-bond donors (Lipinski definition) is 1. The van der Waals surface area contributed by atoms with Crippen LogP contribution in [-0.4, -0.2) is 77.9 Å². The van der Waals surface area contributed by atoms with E-state index in [2.05, 4.69) is 36.1 Å². The zero-order chi connectivity index (χ0) is 37.7. The number of nitrogens with one attached hydrogen (secondary N) is 1. The molecule has 0 spiro atoms. The molecule has 11 nitrogen and oxygen atoms in total. The van der Waals surface area contributed by atoms with E-state index in [-0.39, 0.29) is 42.4 Å². The van der Waals surface area contributed by atoms with Gasteiger partial charge in [-0.3, -0.25) is 19.1 Å². The van der Waals surface area contributed by atoms with Gasteiger partial charge in [-0.15, -0.1) is 17.9 Å². The Morgan fingerprint density at radius 1 is 1.15 bits per heavy atom. The Morgan fingerprint density at radius 3 is 2.48 bits per heavy atom. The Labute approximate surface area is 311 Å². The predicted molar refractivity (Wildman–Crippen MR) is 205 cm³/mol. The molecule has 5 atom stereocenters. The number of hydrogen-bond acceptors (Lipinski definition) is 10. The minimum absolute atomic E-state index is 0.165. The molecule has 52 heavy (non-hydrogen) atoms. The van der Waals surface area contributed by atoms with Crippen LogP contribution in [0.2, 0.25) is 0 Å². The monoisotopic (exact) mass is 749 g/mol. The summed E-state index contributed by atoms with van der Waals surface area (Å²) in [5.74, 6) is -1.48. The maximum atomic E-state index is 14.3. The van der Waals surface area contributed by atoms with Crippen molar-refractivity contribution in [2.75, 3.05) is 24.5 Å². The number of aryl methyl sites for hydroxylation is 1. The number of likely N-dealkylation sites (tertiary alicyclic amines) is 1. The Bertz CT molecular complexity index is 2000. The number of sulfonamides is 1. The number of ketones is 1. The molecule has 1 aliphatic heterocycles. The van der Waals surface area contributed by atoms with Gasteiger partial charge < -0.3 is 14.5 Å². The van der Waals surface area contributed by atoms with Crippen LogP contribution < -0.4 is 14.4 Å². The number of allylic oxidation sites excluding steroid dienone is 1. The number of fused-ring (bicyclic) bond motifs is 1. The van der Waals surface area contributed by atoms with Gasteiger partial charge in [0.1, 0.15) is 11.8 Å². The highest BCUT2D eigenvalue weighted by Gasteiger charge is 2.61. The zero-order valence-corrected chi connectivity index (χ0v) is 32.9. The number of benzene rings is 1. The number of nitrogens with zero attached hydrogens (tertiary/aromatic N) is 4. The van der Waals surface area contributed by atoms with E-state index in [0.29, 0.717) is 30.8 Å². The van der Waals surface area contributed by atoms with Crippen LogP contribution in [-0.2, 0) is 24.4 Å². The third kappa shape index (κ3) is 7.48. The van der Waals surface area contributed by atoms with Crippen LogP contribution in [0.4, 0.5) is 5.13 Å². The number of carbonyl (C=O) groups excluding carboxylic acids is 3. The van der Waals surface area contributed by atoms with Gasteiger partial charge in [-0.05, 0) is 68.9 Å². The molecule has 1 aromatic carbocycles. The van der Waals surface area contributed by atoms with Gasteiger partial charge in [0, 0.05) is 42.6 Å². The van der Waals surface area contributed by atoms with Crippen molar-refractivity contribution >= 4 is 54.9 Å². The Kier molecular flexibility index (Phi) is 10.3. The van der Waals surface area contributed by atoms with Crippen LogP contribution in [0.25, 0.3) is 22.2 Å². The maximum Gasteiger partial charge on any atom is 0.240 e. The summed E-state index contributed by atoms with van der Waals surface area (Å²) in [7, 11) is -3.80. The summed E-state index contributed by atoms with van der Waals surface area (Å²) in [5.41, 5.74) is 0.905. The Balaban J connectivity index is 1.30. The van der Waals surface area contributed by atoms with Crippen molar-refractivity contribution in [2.45, 2.75) is 98.0 Å². The molecule has 3 aromatic rings. The number of pyridine rings is 1. The standard InChI is InChI=1S/C39H51N5O6S2/c1-9-26-19-39(26,36(47)42-52(48,49)28-13-14-28)20-33(45)32-18-27(21-44(32)35(46)24(5)38(6,7)8)50-34-29-15-12-23(4)16-25(29)17-30(40-34)31-22-51-37(41-31)43(10-2)11-3/h9,12,15-17,22,24,26-28,32H,1,10-11,13-14,18-21H2,2-8H3,(H,42,47)/t24-,26?,27-,32+,39-/m1/s1. The maximum absolute atomic E-state index is 14.3.